The van der Waals surface area contributed by atoms with Gasteiger partial charge in [0.2, 0.25) is 5.78 Å². The molecule has 5 rings (SSSR count). The maximum Gasteiger partial charge on any atom is 0.295 e. The number of imidazole rings is 1. The van der Waals surface area contributed by atoms with Crippen LogP contribution in [0.15, 0.2) is 60.8 Å². The summed E-state index contributed by atoms with van der Waals surface area (Å²) in [7, 11) is 0. The van der Waals surface area contributed by atoms with Crippen molar-refractivity contribution in [3.05, 3.63) is 76.9 Å². The number of amides is 1. The van der Waals surface area contributed by atoms with Crippen LogP contribution in [0.1, 0.15) is 20.7 Å². The average Bonchev–Trinajstić information content (AvgIpc) is 3.31. The minimum absolute atomic E-state index is 0.281. The lowest BCUT2D eigenvalue weighted by Gasteiger charge is -2.35. The quantitative estimate of drug-likeness (QED) is 0.270. The third-order valence-corrected chi connectivity index (χ3v) is 6.09. The van der Waals surface area contributed by atoms with E-state index in [1.54, 1.807) is 17.2 Å². The molecule has 34 heavy (non-hydrogen) atoms. The van der Waals surface area contributed by atoms with Crippen molar-refractivity contribution in [2.24, 2.45) is 0 Å². The van der Waals surface area contributed by atoms with Crippen LogP contribution in [0.5, 0.6) is 0 Å². The number of rotatable bonds is 5. The molecule has 0 radical (unpaired) electrons. The number of H-pyrrole nitrogens is 1. The number of carbonyl (C=O) groups is 3. The molecule has 0 spiro atoms. The van der Waals surface area contributed by atoms with Gasteiger partial charge in [-0.15, -0.1) is 0 Å². The molecular formula is C25H20ClN5O3. The average molecular weight is 474 g/mol. The van der Waals surface area contributed by atoms with Crippen LogP contribution in [-0.4, -0.2) is 64.0 Å². The maximum absolute atomic E-state index is 12.6. The largest absolute Gasteiger partial charge is 0.353 e. The number of pyridine rings is 1. The number of nitrogens with zero attached hydrogens (tertiary/aromatic N) is 4. The number of fused-ring (bicyclic) bond motifs is 1. The van der Waals surface area contributed by atoms with E-state index in [2.05, 4.69) is 19.9 Å². The van der Waals surface area contributed by atoms with E-state index in [0.717, 1.165) is 22.4 Å². The highest BCUT2D eigenvalue weighted by Crippen LogP contribution is 2.24. The van der Waals surface area contributed by atoms with Crippen LogP contribution in [0.2, 0.25) is 5.02 Å². The lowest BCUT2D eigenvalue weighted by Crippen LogP contribution is -2.50. The number of piperazine rings is 1. The summed E-state index contributed by atoms with van der Waals surface area (Å²) < 4.78 is 0. The van der Waals surface area contributed by atoms with Crippen LogP contribution < -0.4 is 4.90 Å². The molecule has 0 bridgehead atoms. The van der Waals surface area contributed by atoms with Gasteiger partial charge in [0.25, 0.3) is 5.91 Å². The zero-order chi connectivity index (χ0) is 23.7. The Morgan fingerprint density at radius 1 is 0.971 bits per heavy atom. The summed E-state index contributed by atoms with van der Waals surface area (Å²) in [5, 5.41) is 0.645. The van der Waals surface area contributed by atoms with Gasteiger partial charge in [0.05, 0.1) is 11.0 Å². The van der Waals surface area contributed by atoms with Crippen molar-refractivity contribution >= 4 is 46.4 Å². The fourth-order valence-corrected chi connectivity index (χ4v) is 4.12. The second-order valence-corrected chi connectivity index (χ2v) is 8.44. The molecule has 1 N–H and O–H groups in total. The van der Waals surface area contributed by atoms with Gasteiger partial charge in [-0.25, -0.2) is 9.97 Å². The summed E-state index contributed by atoms with van der Waals surface area (Å²) in [4.78, 5) is 52.0. The number of nitrogens with one attached hydrogen (secondary N) is 1. The van der Waals surface area contributed by atoms with Gasteiger partial charge in [0.1, 0.15) is 17.9 Å². The normalized spacial score (nSPS) is 13.8. The molecule has 2 aromatic heterocycles. The van der Waals surface area contributed by atoms with Crippen LogP contribution in [0.4, 0.5) is 5.82 Å². The first-order chi connectivity index (χ1) is 16.5. The standard InChI is InChI=1S/C25H20ClN5O3/c26-19-6-7-20-21(13-19)29-24(28-20)18-5-8-22(27-14-18)30-9-11-31(12-10-30)25(34)23(33)17-3-1-16(15-32)2-4-17/h1-8,13-15H,9-12H2,(H,28,29). The third kappa shape index (κ3) is 4.27. The summed E-state index contributed by atoms with van der Waals surface area (Å²) in [5.74, 6) is 0.407. The van der Waals surface area contributed by atoms with Crippen molar-refractivity contribution in [1.82, 2.24) is 19.9 Å². The van der Waals surface area contributed by atoms with E-state index >= 15 is 0 Å². The number of anilines is 1. The Morgan fingerprint density at radius 2 is 1.74 bits per heavy atom. The molecule has 1 aliphatic heterocycles. The monoisotopic (exact) mass is 473 g/mol. The van der Waals surface area contributed by atoms with Crippen LogP contribution >= 0.6 is 11.6 Å². The highest BCUT2D eigenvalue weighted by atomic mass is 35.5. The number of Topliss-reactive ketones (excluding diaryl/α,β-unsaturated/α-hetero) is 1. The molecule has 1 saturated heterocycles. The number of benzene rings is 2. The number of halogens is 1. The molecule has 9 heteroatoms. The summed E-state index contributed by atoms with van der Waals surface area (Å²) in [5.41, 5.74) is 3.29. The second kappa shape index (κ2) is 9.07. The topological polar surface area (TPSA) is 99.3 Å². The molecule has 0 aliphatic carbocycles. The lowest BCUT2D eigenvalue weighted by atomic mass is 10.1. The first-order valence-electron chi connectivity index (χ1n) is 10.8. The van der Waals surface area contributed by atoms with E-state index in [9.17, 15) is 14.4 Å². The summed E-state index contributed by atoms with van der Waals surface area (Å²) >= 11 is 6.05. The Hall–Kier alpha value is -4.04. The van der Waals surface area contributed by atoms with E-state index in [4.69, 9.17) is 11.6 Å². The molecule has 170 valence electrons. The molecule has 1 aliphatic rings. The number of ketones is 1. The first kappa shape index (κ1) is 21.8. The van der Waals surface area contributed by atoms with Gasteiger partial charge in [-0.3, -0.25) is 14.4 Å². The van der Waals surface area contributed by atoms with E-state index in [1.165, 1.54) is 24.3 Å². The summed E-state index contributed by atoms with van der Waals surface area (Å²) in [6.07, 6.45) is 2.46. The number of hydrogen-bond donors (Lipinski definition) is 1. The fraction of sp³-hybridized carbons (Fsp3) is 0.160. The molecule has 3 heterocycles. The van der Waals surface area contributed by atoms with Crippen molar-refractivity contribution in [3.63, 3.8) is 0 Å². The second-order valence-electron chi connectivity index (χ2n) is 8.00. The molecular weight excluding hydrogens is 454 g/mol. The fourth-order valence-electron chi connectivity index (χ4n) is 3.95. The summed E-state index contributed by atoms with van der Waals surface area (Å²) in [6.45, 7) is 1.98. The Kier molecular flexibility index (Phi) is 5.81. The Morgan fingerprint density at radius 3 is 2.41 bits per heavy atom. The van der Waals surface area contributed by atoms with Crippen molar-refractivity contribution in [2.75, 3.05) is 31.1 Å². The lowest BCUT2D eigenvalue weighted by molar-refractivity contribution is -0.126. The van der Waals surface area contributed by atoms with Gasteiger partial charge in [-0.2, -0.15) is 0 Å². The molecule has 1 amide bonds. The van der Waals surface area contributed by atoms with Crippen molar-refractivity contribution in [3.8, 4) is 11.4 Å². The van der Waals surface area contributed by atoms with Crippen molar-refractivity contribution in [1.29, 1.82) is 0 Å². The number of aldehydes is 1. The van der Waals surface area contributed by atoms with Crippen LogP contribution in [0.25, 0.3) is 22.4 Å². The number of carbonyl (C=O) groups excluding carboxylic acids is 3. The van der Waals surface area contributed by atoms with Gasteiger partial charge in [0, 0.05) is 54.1 Å². The molecule has 4 aromatic rings. The molecule has 0 atom stereocenters. The number of hydrogen-bond acceptors (Lipinski definition) is 6. The van der Waals surface area contributed by atoms with Crippen LogP contribution in [-0.2, 0) is 4.79 Å². The van der Waals surface area contributed by atoms with Gasteiger partial charge < -0.3 is 14.8 Å². The number of aromatic amines is 1. The molecule has 0 saturated carbocycles. The predicted molar refractivity (Wildman–Crippen MR) is 129 cm³/mol. The minimum Gasteiger partial charge on any atom is -0.353 e. The predicted octanol–water partition coefficient (Wildman–Crippen LogP) is 3.62. The van der Waals surface area contributed by atoms with Gasteiger partial charge in [0.15, 0.2) is 0 Å². The molecule has 8 nitrogen and oxygen atoms in total. The van der Waals surface area contributed by atoms with E-state index in [0.29, 0.717) is 48.9 Å². The minimum atomic E-state index is -0.569. The van der Waals surface area contributed by atoms with E-state index in [1.807, 2.05) is 24.3 Å². The zero-order valence-corrected chi connectivity index (χ0v) is 18.8. The maximum atomic E-state index is 12.6. The van der Waals surface area contributed by atoms with Gasteiger partial charge >= 0.3 is 0 Å². The Bertz CT molecular complexity index is 1370. The smallest absolute Gasteiger partial charge is 0.295 e. The molecule has 0 unspecified atom stereocenters. The summed E-state index contributed by atoms with van der Waals surface area (Å²) in [6, 6.07) is 15.4. The SMILES string of the molecule is O=Cc1ccc(C(=O)C(=O)N2CCN(c3ccc(-c4nc5ccc(Cl)cc5[nH]4)cn3)CC2)cc1. The van der Waals surface area contributed by atoms with Crippen LogP contribution in [0, 0.1) is 0 Å². The zero-order valence-electron chi connectivity index (χ0n) is 18.1. The van der Waals surface area contributed by atoms with Gasteiger partial charge in [-0.1, -0.05) is 35.9 Å². The van der Waals surface area contributed by atoms with Crippen molar-refractivity contribution < 1.29 is 14.4 Å². The highest BCUT2D eigenvalue weighted by Gasteiger charge is 2.27. The van der Waals surface area contributed by atoms with Crippen LogP contribution in [0.3, 0.4) is 0 Å². The van der Waals surface area contributed by atoms with E-state index in [-0.39, 0.29) is 5.56 Å². The molecule has 2 aromatic carbocycles. The Balaban J connectivity index is 1.22. The molecule has 1 fully saturated rings. The third-order valence-electron chi connectivity index (χ3n) is 5.86. The Labute approximate surface area is 200 Å². The van der Waals surface area contributed by atoms with Crippen molar-refractivity contribution in [2.45, 2.75) is 0 Å². The van der Waals surface area contributed by atoms with E-state index < -0.39 is 11.7 Å². The first-order valence-corrected chi connectivity index (χ1v) is 11.1. The highest BCUT2D eigenvalue weighted by molar-refractivity contribution is 6.42. The van der Waals surface area contributed by atoms with Gasteiger partial charge in [-0.05, 0) is 30.3 Å². The number of aromatic nitrogens is 3.